The first-order valence-corrected chi connectivity index (χ1v) is 13.3. The summed E-state index contributed by atoms with van der Waals surface area (Å²) in [7, 11) is -1.35. The van der Waals surface area contributed by atoms with Crippen LogP contribution in [-0.4, -0.2) is 27.6 Å². The van der Waals surface area contributed by atoms with Crippen molar-refractivity contribution < 1.29 is 26.7 Å². The molecule has 1 aromatic heterocycles. The van der Waals surface area contributed by atoms with Gasteiger partial charge < -0.3 is 9.47 Å². The first-order valence-electron chi connectivity index (χ1n) is 10.6. The zero-order chi connectivity index (χ0) is 25.9. The smallest absolute Gasteiger partial charge is 0.264 e. The number of rotatable bonds is 9. The fourth-order valence-corrected chi connectivity index (χ4v) is 6.05. The topological polar surface area (TPSA) is 68.7 Å². The van der Waals surface area contributed by atoms with Gasteiger partial charge in [0.15, 0.2) is 11.5 Å². The first-order chi connectivity index (χ1) is 17.2. The molecule has 6 nitrogen and oxygen atoms in total. The minimum Gasteiger partial charge on any atom is -0.493 e. The van der Waals surface area contributed by atoms with Crippen LogP contribution in [0.3, 0.4) is 0 Å². The SMILES string of the molecule is COc1ccc(S(=O)(=O)N(Cc2nccs2)c2ccc(Cl)cc2Cc2c(F)cccc2F)cc1OC. The Hall–Kier alpha value is -3.21. The number of sulfonamides is 1. The van der Waals surface area contributed by atoms with Crippen LogP contribution in [0.1, 0.15) is 16.1 Å². The van der Waals surface area contributed by atoms with Crippen LogP contribution in [0.25, 0.3) is 0 Å². The molecule has 4 aromatic rings. The average molecular weight is 551 g/mol. The van der Waals surface area contributed by atoms with Gasteiger partial charge in [0.2, 0.25) is 0 Å². The monoisotopic (exact) mass is 550 g/mol. The number of ether oxygens (including phenoxy) is 2. The van der Waals surface area contributed by atoms with E-state index in [4.69, 9.17) is 21.1 Å². The summed E-state index contributed by atoms with van der Waals surface area (Å²) in [6.07, 6.45) is 1.35. The highest BCUT2D eigenvalue weighted by atomic mass is 35.5. The normalized spacial score (nSPS) is 11.4. The lowest BCUT2D eigenvalue weighted by Gasteiger charge is -2.26. The molecule has 0 amide bonds. The fraction of sp³-hybridized carbons (Fsp3) is 0.160. The molecule has 3 aromatic carbocycles. The number of methoxy groups -OCH3 is 2. The van der Waals surface area contributed by atoms with E-state index in [-0.39, 0.29) is 34.9 Å². The van der Waals surface area contributed by atoms with Crippen LogP contribution in [0, 0.1) is 11.6 Å². The Labute approximate surface area is 216 Å². The van der Waals surface area contributed by atoms with Gasteiger partial charge in [-0.1, -0.05) is 17.7 Å². The zero-order valence-corrected chi connectivity index (χ0v) is 21.6. The molecule has 36 heavy (non-hydrogen) atoms. The number of aromatic nitrogens is 1. The Morgan fingerprint density at radius 3 is 2.36 bits per heavy atom. The van der Waals surface area contributed by atoms with Crippen LogP contribution in [0.15, 0.2) is 71.1 Å². The summed E-state index contributed by atoms with van der Waals surface area (Å²) in [5, 5.41) is 2.55. The number of hydrogen-bond acceptors (Lipinski definition) is 6. The predicted molar refractivity (Wildman–Crippen MR) is 136 cm³/mol. The second-order valence-corrected chi connectivity index (χ2v) is 10.9. The van der Waals surface area contributed by atoms with E-state index in [1.165, 1.54) is 68.0 Å². The van der Waals surface area contributed by atoms with Crippen LogP contribution in [0.5, 0.6) is 11.5 Å². The van der Waals surface area contributed by atoms with Crippen molar-refractivity contribution in [1.82, 2.24) is 4.98 Å². The summed E-state index contributed by atoms with van der Waals surface area (Å²) < 4.78 is 68.6. The summed E-state index contributed by atoms with van der Waals surface area (Å²) in [5.41, 5.74) is 0.345. The maximum Gasteiger partial charge on any atom is 0.264 e. The van der Waals surface area contributed by atoms with Gasteiger partial charge in [0.05, 0.1) is 31.3 Å². The highest BCUT2D eigenvalue weighted by Crippen LogP contribution is 2.36. The molecular formula is C25H21ClF2N2O4S2. The first kappa shape index (κ1) is 25.9. The maximum absolute atomic E-state index is 14.5. The fourth-order valence-electron chi connectivity index (χ4n) is 3.69. The molecular weight excluding hydrogens is 530 g/mol. The predicted octanol–water partition coefficient (Wildman–Crippen LogP) is 6.08. The van der Waals surface area contributed by atoms with Crippen molar-refractivity contribution >= 4 is 38.6 Å². The molecule has 0 N–H and O–H groups in total. The van der Waals surface area contributed by atoms with Gasteiger partial charge in [-0.25, -0.2) is 22.2 Å². The Morgan fingerprint density at radius 1 is 1.00 bits per heavy atom. The van der Waals surface area contributed by atoms with Crippen molar-refractivity contribution in [1.29, 1.82) is 0 Å². The molecule has 0 radical (unpaired) electrons. The van der Waals surface area contributed by atoms with E-state index in [9.17, 15) is 17.2 Å². The Bertz CT molecular complexity index is 1460. The average Bonchev–Trinajstić information content (AvgIpc) is 3.38. The van der Waals surface area contributed by atoms with E-state index in [1.54, 1.807) is 11.6 Å². The highest BCUT2D eigenvalue weighted by Gasteiger charge is 2.29. The van der Waals surface area contributed by atoms with Crippen LogP contribution >= 0.6 is 22.9 Å². The Morgan fingerprint density at radius 2 is 1.72 bits per heavy atom. The zero-order valence-electron chi connectivity index (χ0n) is 19.2. The van der Waals surface area contributed by atoms with E-state index < -0.39 is 21.7 Å². The standard InChI is InChI=1S/C25H21ClF2N2O4S2/c1-33-23-9-7-18(14-24(23)34-2)36(31,32)30(15-25-29-10-11-35-25)22-8-6-17(26)12-16(22)13-19-20(27)4-3-5-21(19)28/h3-12,14H,13,15H2,1-2H3. The highest BCUT2D eigenvalue weighted by molar-refractivity contribution is 7.92. The van der Waals surface area contributed by atoms with Gasteiger partial charge in [-0.2, -0.15) is 0 Å². The number of benzene rings is 3. The third-order valence-electron chi connectivity index (χ3n) is 5.44. The van der Waals surface area contributed by atoms with E-state index in [0.29, 0.717) is 21.3 Å². The second kappa shape index (κ2) is 10.8. The largest absolute Gasteiger partial charge is 0.493 e. The third kappa shape index (κ3) is 5.30. The molecule has 0 aliphatic carbocycles. The molecule has 188 valence electrons. The van der Waals surface area contributed by atoms with Crippen LogP contribution in [-0.2, 0) is 23.0 Å². The number of hydrogen-bond donors (Lipinski definition) is 0. The molecule has 0 fully saturated rings. The molecule has 4 rings (SSSR count). The molecule has 0 spiro atoms. The van der Waals surface area contributed by atoms with Gasteiger partial charge in [-0.15, -0.1) is 11.3 Å². The number of nitrogens with zero attached hydrogens (tertiary/aromatic N) is 2. The van der Waals surface area contributed by atoms with Gasteiger partial charge in [0.1, 0.15) is 16.6 Å². The van der Waals surface area contributed by atoms with E-state index in [2.05, 4.69) is 4.98 Å². The molecule has 0 aliphatic heterocycles. The summed E-state index contributed by atoms with van der Waals surface area (Å²) in [4.78, 5) is 4.17. The Kier molecular flexibility index (Phi) is 7.77. The molecule has 0 saturated heterocycles. The summed E-state index contributed by atoms with van der Waals surface area (Å²) in [5.74, 6) is -0.882. The minimum absolute atomic E-state index is 0.0605. The van der Waals surface area contributed by atoms with Crippen LogP contribution < -0.4 is 13.8 Å². The van der Waals surface area contributed by atoms with Gasteiger partial charge in [-0.3, -0.25) is 4.31 Å². The summed E-state index contributed by atoms with van der Waals surface area (Å²) >= 11 is 7.50. The van der Waals surface area contributed by atoms with Gasteiger partial charge >= 0.3 is 0 Å². The molecule has 0 bridgehead atoms. The van der Waals surface area contributed by atoms with Crippen molar-refractivity contribution in [3.8, 4) is 11.5 Å². The quantitative estimate of drug-likeness (QED) is 0.253. The van der Waals surface area contributed by atoms with Crippen molar-refractivity contribution in [3.63, 3.8) is 0 Å². The van der Waals surface area contributed by atoms with Crippen LogP contribution in [0.4, 0.5) is 14.5 Å². The van der Waals surface area contributed by atoms with Gasteiger partial charge in [0.25, 0.3) is 10.0 Å². The molecule has 0 unspecified atom stereocenters. The van der Waals surface area contributed by atoms with Gasteiger partial charge in [-0.05, 0) is 48.0 Å². The molecule has 11 heteroatoms. The van der Waals surface area contributed by atoms with Crippen molar-refractivity contribution in [2.45, 2.75) is 17.9 Å². The second-order valence-electron chi connectivity index (χ2n) is 7.60. The van der Waals surface area contributed by atoms with E-state index in [0.717, 1.165) is 16.4 Å². The van der Waals surface area contributed by atoms with Crippen LogP contribution in [0.2, 0.25) is 5.02 Å². The number of thiazole rings is 1. The molecule has 0 atom stereocenters. The summed E-state index contributed by atoms with van der Waals surface area (Å²) in [6, 6.07) is 12.4. The maximum atomic E-state index is 14.5. The van der Waals surface area contributed by atoms with Crippen molar-refractivity contribution in [2.24, 2.45) is 0 Å². The van der Waals surface area contributed by atoms with E-state index >= 15 is 0 Å². The van der Waals surface area contributed by atoms with E-state index in [1.807, 2.05) is 0 Å². The molecule has 1 heterocycles. The third-order valence-corrected chi connectivity index (χ3v) is 8.20. The number of anilines is 1. The van der Waals surface area contributed by atoms with Gasteiger partial charge in [0, 0.05) is 34.7 Å². The van der Waals surface area contributed by atoms with Crippen molar-refractivity contribution in [3.05, 3.63) is 99.0 Å². The van der Waals surface area contributed by atoms with Crippen molar-refractivity contribution in [2.75, 3.05) is 18.5 Å². The molecule has 0 saturated carbocycles. The lowest BCUT2D eigenvalue weighted by atomic mass is 10.0. The molecule has 0 aliphatic rings. The Balaban J connectivity index is 1.88. The summed E-state index contributed by atoms with van der Waals surface area (Å²) in [6.45, 7) is -0.108. The minimum atomic E-state index is -4.20. The number of halogens is 3. The lowest BCUT2D eigenvalue weighted by molar-refractivity contribution is 0.354. The lowest BCUT2D eigenvalue weighted by Crippen LogP contribution is -2.31.